The summed E-state index contributed by atoms with van der Waals surface area (Å²) >= 11 is 0. The number of nitrogens with one attached hydrogen (secondary N) is 1. The number of unbranched alkanes of at least 4 members (excludes halogenated alkanes) is 5. The van der Waals surface area contributed by atoms with E-state index >= 15 is 0 Å². The lowest BCUT2D eigenvalue weighted by molar-refractivity contribution is 0.0527. The van der Waals surface area contributed by atoms with Crippen molar-refractivity contribution in [1.82, 2.24) is 5.32 Å². The van der Waals surface area contributed by atoms with E-state index in [1.54, 1.807) is 0 Å². The van der Waals surface area contributed by atoms with Gasteiger partial charge in [-0.05, 0) is 46.5 Å². The minimum Gasteiger partial charge on any atom is -0.444 e. The van der Waals surface area contributed by atoms with E-state index in [2.05, 4.69) is 24.4 Å². The largest absolute Gasteiger partial charge is 0.444 e. The molecule has 0 aliphatic rings. The van der Waals surface area contributed by atoms with E-state index in [1.165, 1.54) is 32.1 Å². The lowest BCUT2D eigenvalue weighted by Gasteiger charge is -2.19. The van der Waals surface area contributed by atoms with Crippen LogP contribution in [0.5, 0.6) is 0 Å². The van der Waals surface area contributed by atoms with E-state index in [-0.39, 0.29) is 6.09 Å². The first kappa shape index (κ1) is 18.0. The van der Waals surface area contributed by atoms with Gasteiger partial charge >= 0.3 is 6.09 Å². The molecule has 1 N–H and O–H groups in total. The standard InChI is InChI=1S/C16H31NO2/c1-5-6-7-8-9-10-11-12-13-14-17-15(18)19-16(2,3)4/h6-7H,5,8-14H2,1-4H3,(H,17,18). The van der Waals surface area contributed by atoms with Crippen LogP contribution >= 0.6 is 0 Å². The van der Waals surface area contributed by atoms with Gasteiger partial charge in [0.05, 0.1) is 0 Å². The molecule has 0 aromatic heterocycles. The van der Waals surface area contributed by atoms with Crippen molar-refractivity contribution in [1.29, 1.82) is 0 Å². The molecule has 0 saturated carbocycles. The molecule has 1 amide bonds. The summed E-state index contributed by atoms with van der Waals surface area (Å²) in [6.07, 6.45) is 12.5. The number of ether oxygens (including phenoxy) is 1. The van der Waals surface area contributed by atoms with Gasteiger partial charge in [-0.2, -0.15) is 0 Å². The topological polar surface area (TPSA) is 38.3 Å². The quantitative estimate of drug-likeness (QED) is 0.481. The number of amides is 1. The van der Waals surface area contributed by atoms with Crippen molar-refractivity contribution < 1.29 is 9.53 Å². The molecule has 0 aliphatic carbocycles. The molecule has 0 saturated heterocycles. The monoisotopic (exact) mass is 269 g/mol. The van der Waals surface area contributed by atoms with Crippen molar-refractivity contribution in [3.8, 4) is 0 Å². The molecule has 0 rings (SSSR count). The lowest BCUT2D eigenvalue weighted by atomic mass is 10.1. The third-order valence-corrected chi connectivity index (χ3v) is 2.62. The lowest BCUT2D eigenvalue weighted by Crippen LogP contribution is -2.32. The Balaban J connectivity index is 3.27. The summed E-state index contributed by atoms with van der Waals surface area (Å²) < 4.78 is 5.16. The predicted molar refractivity (Wildman–Crippen MR) is 81.4 cm³/mol. The van der Waals surface area contributed by atoms with Gasteiger partial charge in [0.15, 0.2) is 0 Å². The normalized spacial score (nSPS) is 11.8. The molecular weight excluding hydrogens is 238 g/mol. The van der Waals surface area contributed by atoms with Crippen LogP contribution < -0.4 is 5.32 Å². The van der Waals surface area contributed by atoms with Crippen LogP contribution in [0.2, 0.25) is 0 Å². The van der Waals surface area contributed by atoms with E-state index < -0.39 is 5.60 Å². The summed E-state index contributed by atoms with van der Waals surface area (Å²) in [6.45, 7) is 8.50. The fourth-order valence-electron chi connectivity index (χ4n) is 1.71. The van der Waals surface area contributed by atoms with E-state index in [9.17, 15) is 4.79 Å². The minimum atomic E-state index is -0.407. The fraction of sp³-hybridized carbons (Fsp3) is 0.812. The third-order valence-electron chi connectivity index (χ3n) is 2.62. The molecule has 0 bridgehead atoms. The smallest absolute Gasteiger partial charge is 0.407 e. The molecule has 0 atom stereocenters. The summed E-state index contributed by atoms with van der Waals surface area (Å²) in [5.41, 5.74) is -0.407. The van der Waals surface area contributed by atoms with Gasteiger partial charge in [0.1, 0.15) is 5.60 Å². The molecule has 3 heteroatoms. The van der Waals surface area contributed by atoms with Gasteiger partial charge in [-0.3, -0.25) is 0 Å². The van der Waals surface area contributed by atoms with Gasteiger partial charge in [0.25, 0.3) is 0 Å². The number of carbonyl (C=O) groups excluding carboxylic acids is 1. The van der Waals surface area contributed by atoms with Gasteiger partial charge < -0.3 is 10.1 Å². The Hall–Kier alpha value is -0.990. The zero-order chi connectivity index (χ0) is 14.6. The van der Waals surface area contributed by atoms with Crippen molar-refractivity contribution in [3.63, 3.8) is 0 Å². The second-order valence-corrected chi connectivity index (χ2v) is 5.86. The summed E-state index contributed by atoms with van der Waals surface area (Å²) in [6, 6.07) is 0. The van der Waals surface area contributed by atoms with Crippen LogP contribution in [0.1, 0.15) is 72.6 Å². The zero-order valence-electron chi connectivity index (χ0n) is 13.1. The Morgan fingerprint density at radius 2 is 1.68 bits per heavy atom. The van der Waals surface area contributed by atoms with Crippen LogP contribution in [0.15, 0.2) is 12.2 Å². The molecule has 0 aromatic rings. The van der Waals surface area contributed by atoms with Crippen LogP contribution in [0, 0.1) is 0 Å². The van der Waals surface area contributed by atoms with Crippen molar-refractivity contribution in [2.24, 2.45) is 0 Å². The molecule has 0 heterocycles. The molecule has 19 heavy (non-hydrogen) atoms. The SMILES string of the molecule is CCC=CCCCCCCCNC(=O)OC(C)(C)C. The van der Waals surface area contributed by atoms with Crippen molar-refractivity contribution in [3.05, 3.63) is 12.2 Å². The summed E-state index contributed by atoms with van der Waals surface area (Å²) in [7, 11) is 0. The van der Waals surface area contributed by atoms with Gasteiger partial charge in [0, 0.05) is 6.54 Å². The number of rotatable bonds is 9. The molecular formula is C16H31NO2. The number of carbonyl (C=O) groups is 1. The maximum absolute atomic E-state index is 11.4. The number of hydrogen-bond acceptors (Lipinski definition) is 2. The molecule has 112 valence electrons. The third kappa shape index (κ3) is 15.0. The second kappa shape index (κ2) is 10.9. The van der Waals surface area contributed by atoms with Gasteiger partial charge in [-0.25, -0.2) is 4.79 Å². The summed E-state index contributed by atoms with van der Waals surface area (Å²) in [4.78, 5) is 11.4. The maximum Gasteiger partial charge on any atom is 0.407 e. The molecule has 0 fully saturated rings. The number of hydrogen-bond donors (Lipinski definition) is 1. The Morgan fingerprint density at radius 1 is 1.05 bits per heavy atom. The van der Waals surface area contributed by atoms with E-state index in [0.29, 0.717) is 6.54 Å². The molecule has 3 nitrogen and oxygen atoms in total. The predicted octanol–water partition coefficient (Wildman–Crippen LogP) is 4.82. The Bertz CT molecular complexity index is 254. The number of allylic oxidation sites excluding steroid dienone is 2. The molecule has 0 aliphatic heterocycles. The average molecular weight is 269 g/mol. The average Bonchev–Trinajstić information content (AvgIpc) is 2.29. The first-order valence-corrected chi connectivity index (χ1v) is 7.57. The maximum atomic E-state index is 11.4. The Morgan fingerprint density at radius 3 is 2.32 bits per heavy atom. The molecule has 0 spiro atoms. The van der Waals surface area contributed by atoms with E-state index in [1.807, 2.05) is 20.8 Å². The number of alkyl carbamates (subject to hydrolysis) is 1. The first-order chi connectivity index (χ1) is 8.95. The zero-order valence-corrected chi connectivity index (χ0v) is 13.1. The van der Waals surface area contributed by atoms with Crippen LogP contribution in [0.25, 0.3) is 0 Å². The highest BCUT2D eigenvalue weighted by Gasteiger charge is 2.15. The highest BCUT2D eigenvalue weighted by atomic mass is 16.6. The Kier molecular flexibility index (Phi) is 10.3. The van der Waals surface area contributed by atoms with Crippen LogP contribution in [-0.4, -0.2) is 18.2 Å². The van der Waals surface area contributed by atoms with Gasteiger partial charge in [-0.15, -0.1) is 0 Å². The second-order valence-electron chi connectivity index (χ2n) is 5.86. The summed E-state index contributed by atoms with van der Waals surface area (Å²) in [5, 5.41) is 2.79. The summed E-state index contributed by atoms with van der Waals surface area (Å²) in [5.74, 6) is 0. The van der Waals surface area contributed by atoms with Crippen molar-refractivity contribution in [2.45, 2.75) is 78.2 Å². The fourth-order valence-corrected chi connectivity index (χ4v) is 1.71. The highest BCUT2D eigenvalue weighted by molar-refractivity contribution is 5.67. The van der Waals surface area contributed by atoms with Gasteiger partial charge in [-0.1, -0.05) is 38.3 Å². The van der Waals surface area contributed by atoms with E-state index in [4.69, 9.17) is 4.74 Å². The minimum absolute atomic E-state index is 0.308. The van der Waals surface area contributed by atoms with Crippen LogP contribution in [-0.2, 0) is 4.74 Å². The molecule has 0 radical (unpaired) electrons. The molecule has 0 aromatic carbocycles. The van der Waals surface area contributed by atoms with Gasteiger partial charge in [0.2, 0.25) is 0 Å². The van der Waals surface area contributed by atoms with E-state index in [0.717, 1.165) is 12.8 Å². The first-order valence-electron chi connectivity index (χ1n) is 7.57. The van der Waals surface area contributed by atoms with Crippen molar-refractivity contribution >= 4 is 6.09 Å². The molecule has 0 unspecified atom stereocenters. The highest BCUT2D eigenvalue weighted by Crippen LogP contribution is 2.07. The van der Waals surface area contributed by atoms with Crippen molar-refractivity contribution in [2.75, 3.05) is 6.54 Å². The van der Waals surface area contributed by atoms with Crippen LogP contribution in [0.4, 0.5) is 4.79 Å². The Labute approximate surface area is 118 Å². The van der Waals surface area contributed by atoms with Crippen LogP contribution in [0.3, 0.4) is 0 Å².